The zero-order valence-corrected chi connectivity index (χ0v) is 18.9. The molecule has 160 valence electrons. The lowest BCUT2D eigenvalue weighted by Gasteiger charge is -2.11. The normalized spacial score (nSPS) is 11.2. The fourth-order valence-corrected chi connectivity index (χ4v) is 5.37. The van der Waals surface area contributed by atoms with Crippen molar-refractivity contribution in [2.75, 3.05) is 0 Å². The van der Waals surface area contributed by atoms with E-state index in [0.29, 0.717) is 12.3 Å². The van der Waals surface area contributed by atoms with Crippen LogP contribution >= 0.6 is 23.1 Å². The number of thiazole rings is 1. The van der Waals surface area contributed by atoms with Gasteiger partial charge in [-0.1, -0.05) is 71.6 Å². The Bertz CT molecular complexity index is 1380. The minimum atomic E-state index is 0.0199. The Balaban J connectivity index is 1.44. The van der Waals surface area contributed by atoms with E-state index in [0.717, 1.165) is 39.9 Å². The van der Waals surface area contributed by atoms with Crippen LogP contribution in [0.25, 0.3) is 10.2 Å². The summed E-state index contributed by atoms with van der Waals surface area (Å²) < 4.78 is 4.91. The van der Waals surface area contributed by atoms with E-state index in [1.807, 2.05) is 48.5 Å². The summed E-state index contributed by atoms with van der Waals surface area (Å²) in [6.07, 6.45) is 2.66. The van der Waals surface area contributed by atoms with E-state index in [1.165, 1.54) is 16.9 Å². The Hall–Kier alpha value is -3.23. The van der Waals surface area contributed by atoms with Crippen LogP contribution in [0.5, 0.6) is 0 Å². The van der Waals surface area contributed by atoms with Crippen LogP contribution < -0.4 is 4.87 Å². The van der Waals surface area contributed by atoms with E-state index in [1.54, 1.807) is 22.5 Å². The fourth-order valence-electron chi connectivity index (χ4n) is 3.58. The molecule has 5 aromatic rings. The summed E-state index contributed by atoms with van der Waals surface area (Å²) in [7, 11) is 0. The second-order valence-electron chi connectivity index (χ2n) is 7.32. The van der Waals surface area contributed by atoms with E-state index < -0.39 is 0 Å². The van der Waals surface area contributed by atoms with Gasteiger partial charge in [-0.25, -0.2) is 0 Å². The summed E-state index contributed by atoms with van der Waals surface area (Å²) in [5.41, 5.74) is 3.19. The molecule has 0 saturated heterocycles. The molecular weight excluding hydrogens is 438 g/mol. The summed E-state index contributed by atoms with van der Waals surface area (Å²) in [6.45, 7) is 1.14. The molecule has 0 aliphatic carbocycles. The van der Waals surface area contributed by atoms with Gasteiger partial charge in [0.2, 0.25) is 0 Å². The smallest absolute Gasteiger partial charge is 0.304 e. The number of para-hydroxylation sites is 1. The molecule has 0 bridgehead atoms. The maximum absolute atomic E-state index is 12.7. The van der Waals surface area contributed by atoms with Crippen molar-refractivity contribution in [1.29, 1.82) is 0 Å². The summed E-state index contributed by atoms with van der Waals surface area (Å²) in [5, 5.41) is 9.79. The van der Waals surface area contributed by atoms with Crippen molar-refractivity contribution in [3.8, 4) is 0 Å². The Morgan fingerprint density at radius 2 is 1.69 bits per heavy atom. The highest BCUT2D eigenvalue weighted by atomic mass is 32.2. The molecule has 5 rings (SSSR count). The van der Waals surface area contributed by atoms with Crippen LogP contribution in [0, 0.1) is 0 Å². The van der Waals surface area contributed by atoms with Gasteiger partial charge in [0.25, 0.3) is 0 Å². The first-order valence-electron chi connectivity index (χ1n) is 10.3. The van der Waals surface area contributed by atoms with Crippen LogP contribution in [0.4, 0.5) is 0 Å². The number of pyridine rings is 1. The third-order valence-corrected chi connectivity index (χ3v) is 7.17. The van der Waals surface area contributed by atoms with Crippen molar-refractivity contribution < 1.29 is 0 Å². The van der Waals surface area contributed by atoms with Gasteiger partial charge in [-0.15, -0.1) is 10.2 Å². The number of hydrogen-bond donors (Lipinski definition) is 0. The van der Waals surface area contributed by atoms with Gasteiger partial charge in [-0.3, -0.25) is 14.3 Å². The maximum atomic E-state index is 12.7. The lowest BCUT2D eigenvalue weighted by atomic mass is 10.1. The number of rotatable bonds is 8. The first-order valence-corrected chi connectivity index (χ1v) is 12.2. The first kappa shape index (κ1) is 20.7. The Labute approximate surface area is 193 Å². The molecule has 3 aromatic heterocycles. The monoisotopic (exact) mass is 459 g/mol. The molecule has 0 spiro atoms. The van der Waals surface area contributed by atoms with Crippen molar-refractivity contribution in [1.82, 2.24) is 24.3 Å². The average molecular weight is 460 g/mol. The zero-order chi connectivity index (χ0) is 21.8. The quantitative estimate of drug-likeness (QED) is 0.317. The Kier molecular flexibility index (Phi) is 6.13. The molecular formula is C24H21N5OS2. The molecule has 32 heavy (non-hydrogen) atoms. The standard InChI is InChI=1S/C24H21N5OS2/c30-24-29(20-11-4-5-12-21(20)32-24)16-22-26-27-23(31-17-19-10-6-7-14-25-19)28(22)15-13-18-8-2-1-3-9-18/h1-12,14H,13,15-17H2. The molecule has 0 unspecified atom stereocenters. The molecule has 0 N–H and O–H groups in total. The fraction of sp³-hybridized carbons (Fsp3) is 0.167. The summed E-state index contributed by atoms with van der Waals surface area (Å²) in [5.74, 6) is 1.50. The predicted octanol–water partition coefficient (Wildman–Crippen LogP) is 4.63. The Morgan fingerprint density at radius 3 is 2.53 bits per heavy atom. The molecule has 8 heteroatoms. The SMILES string of the molecule is O=c1sc2ccccc2n1Cc1nnc(SCc2ccccn2)n1CCc1ccccc1. The van der Waals surface area contributed by atoms with E-state index in [-0.39, 0.29) is 4.87 Å². The molecule has 6 nitrogen and oxygen atoms in total. The van der Waals surface area contributed by atoms with E-state index in [4.69, 9.17) is 0 Å². The van der Waals surface area contributed by atoms with Crippen LogP contribution in [0.15, 0.2) is 88.9 Å². The second kappa shape index (κ2) is 9.50. The Morgan fingerprint density at radius 1 is 0.875 bits per heavy atom. The van der Waals surface area contributed by atoms with Crippen molar-refractivity contribution in [2.45, 2.75) is 30.4 Å². The number of thioether (sulfide) groups is 1. The number of fused-ring (bicyclic) bond motifs is 1. The molecule has 0 atom stereocenters. The summed E-state index contributed by atoms with van der Waals surface area (Å²) in [6, 6.07) is 24.2. The minimum absolute atomic E-state index is 0.0199. The van der Waals surface area contributed by atoms with E-state index >= 15 is 0 Å². The molecule has 0 amide bonds. The van der Waals surface area contributed by atoms with Crippen molar-refractivity contribution in [3.63, 3.8) is 0 Å². The van der Waals surface area contributed by atoms with Crippen molar-refractivity contribution in [2.24, 2.45) is 0 Å². The number of aryl methyl sites for hydroxylation is 1. The molecule has 3 heterocycles. The summed E-state index contributed by atoms with van der Waals surface area (Å²) in [4.78, 5) is 17.1. The van der Waals surface area contributed by atoms with Crippen LogP contribution in [-0.2, 0) is 25.3 Å². The van der Waals surface area contributed by atoms with Gasteiger partial charge in [-0.2, -0.15) is 0 Å². The van der Waals surface area contributed by atoms with Gasteiger partial charge >= 0.3 is 4.87 Å². The van der Waals surface area contributed by atoms with Crippen LogP contribution in [0.1, 0.15) is 17.1 Å². The predicted molar refractivity (Wildman–Crippen MR) is 129 cm³/mol. The summed E-state index contributed by atoms with van der Waals surface area (Å²) >= 11 is 2.88. The maximum Gasteiger partial charge on any atom is 0.308 e. The number of hydrogen-bond acceptors (Lipinski definition) is 6. The zero-order valence-electron chi connectivity index (χ0n) is 17.3. The second-order valence-corrected chi connectivity index (χ2v) is 9.25. The van der Waals surface area contributed by atoms with Crippen molar-refractivity contribution >= 4 is 33.3 Å². The third-order valence-electron chi connectivity index (χ3n) is 5.21. The lowest BCUT2D eigenvalue weighted by Crippen LogP contribution is -2.18. The molecule has 0 fully saturated rings. The van der Waals surface area contributed by atoms with Gasteiger partial charge in [0.15, 0.2) is 11.0 Å². The van der Waals surface area contributed by atoms with Crippen LogP contribution in [0.3, 0.4) is 0 Å². The van der Waals surface area contributed by atoms with Gasteiger partial charge < -0.3 is 4.57 Å². The largest absolute Gasteiger partial charge is 0.308 e. The highest BCUT2D eigenvalue weighted by Gasteiger charge is 2.16. The van der Waals surface area contributed by atoms with Gasteiger partial charge in [0.05, 0.1) is 22.5 Å². The number of nitrogens with zero attached hydrogens (tertiary/aromatic N) is 5. The van der Waals surface area contributed by atoms with Gasteiger partial charge in [-0.05, 0) is 36.2 Å². The third kappa shape index (κ3) is 4.51. The lowest BCUT2D eigenvalue weighted by molar-refractivity contribution is 0.586. The van der Waals surface area contributed by atoms with Crippen molar-refractivity contribution in [3.05, 3.63) is 106 Å². The first-order chi connectivity index (χ1) is 15.8. The van der Waals surface area contributed by atoms with Gasteiger partial charge in [0.1, 0.15) is 0 Å². The van der Waals surface area contributed by atoms with Crippen LogP contribution in [0.2, 0.25) is 0 Å². The average Bonchev–Trinajstić information content (AvgIpc) is 3.37. The molecule has 0 aliphatic rings. The van der Waals surface area contributed by atoms with E-state index in [9.17, 15) is 4.79 Å². The molecule has 0 aliphatic heterocycles. The highest BCUT2D eigenvalue weighted by molar-refractivity contribution is 7.98. The highest BCUT2D eigenvalue weighted by Crippen LogP contribution is 2.23. The molecule has 0 radical (unpaired) electrons. The van der Waals surface area contributed by atoms with E-state index in [2.05, 4.69) is 44.0 Å². The molecule has 2 aromatic carbocycles. The topological polar surface area (TPSA) is 65.6 Å². The minimum Gasteiger partial charge on any atom is -0.304 e. The van der Waals surface area contributed by atoms with Gasteiger partial charge in [0, 0.05) is 18.5 Å². The van der Waals surface area contributed by atoms with Crippen LogP contribution in [-0.4, -0.2) is 24.3 Å². The number of aromatic nitrogens is 5. The molecule has 0 saturated carbocycles. The number of benzene rings is 2.